The molecule has 0 saturated heterocycles. The molecule has 1 aromatic heterocycles. The predicted octanol–water partition coefficient (Wildman–Crippen LogP) is 3.91. The summed E-state index contributed by atoms with van der Waals surface area (Å²) in [5.74, 6) is 1.48. The highest BCUT2D eigenvalue weighted by Crippen LogP contribution is 2.14. The van der Waals surface area contributed by atoms with E-state index < -0.39 is 0 Å². The molecule has 0 fully saturated rings. The monoisotopic (exact) mass is 282 g/mol. The van der Waals surface area contributed by atoms with Crippen LogP contribution in [0.1, 0.15) is 64.8 Å². The first kappa shape index (κ1) is 17.2. The SMILES string of the molecule is CCCCC(CC)COCc1cc(CNC(C)C)no1. The minimum absolute atomic E-state index is 0.454. The van der Waals surface area contributed by atoms with E-state index in [1.807, 2.05) is 6.07 Å². The number of rotatable bonds is 11. The summed E-state index contributed by atoms with van der Waals surface area (Å²) < 4.78 is 11.0. The zero-order chi connectivity index (χ0) is 14.8. The second-order valence-corrected chi connectivity index (χ2v) is 5.75. The molecule has 4 nitrogen and oxygen atoms in total. The summed E-state index contributed by atoms with van der Waals surface area (Å²) in [6.07, 6.45) is 4.98. The minimum Gasteiger partial charge on any atom is -0.373 e. The molecule has 0 aliphatic carbocycles. The van der Waals surface area contributed by atoms with E-state index in [1.54, 1.807) is 0 Å². The van der Waals surface area contributed by atoms with E-state index in [4.69, 9.17) is 9.26 Å². The van der Waals surface area contributed by atoms with Gasteiger partial charge in [-0.15, -0.1) is 0 Å². The minimum atomic E-state index is 0.454. The third-order valence-corrected chi connectivity index (χ3v) is 3.44. The molecular weight excluding hydrogens is 252 g/mol. The lowest BCUT2D eigenvalue weighted by molar-refractivity contribution is 0.0675. The van der Waals surface area contributed by atoms with Crippen molar-refractivity contribution in [3.8, 4) is 0 Å². The van der Waals surface area contributed by atoms with Crippen molar-refractivity contribution in [2.75, 3.05) is 6.61 Å². The van der Waals surface area contributed by atoms with Crippen LogP contribution in [-0.4, -0.2) is 17.8 Å². The fourth-order valence-corrected chi connectivity index (χ4v) is 2.04. The number of ether oxygens (including phenoxy) is 1. The summed E-state index contributed by atoms with van der Waals surface area (Å²) in [5, 5.41) is 7.36. The van der Waals surface area contributed by atoms with Gasteiger partial charge in [0.25, 0.3) is 0 Å². The van der Waals surface area contributed by atoms with E-state index >= 15 is 0 Å². The number of aromatic nitrogens is 1. The van der Waals surface area contributed by atoms with Crippen molar-refractivity contribution >= 4 is 0 Å². The summed E-state index contributed by atoms with van der Waals surface area (Å²) >= 11 is 0. The highest BCUT2D eigenvalue weighted by molar-refractivity contribution is 5.04. The van der Waals surface area contributed by atoms with Crippen molar-refractivity contribution in [1.29, 1.82) is 0 Å². The number of unbranched alkanes of at least 4 members (excludes halogenated alkanes) is 1. The molecule has 1 unspecified atom stereocenters. The Labute approximate surface area is 123 Å². The van der Waals surface area contributed by atoms with Gasteiger partial charge in [0, 0.05) is 25.3 Å². The first-order chi connectivity index (χ1) is 9.65. The van der Waals surface area contributed by atoms with Crippen LogP contribution in [0.25, 0.3) is 0 Å². The summed E-state index contributed by atoms with van der Waals surface area (Å²) in [7, 11) is 0. The van der Waals surface area contributed by atoms with Crippen molar-refractivity contribution in [2.24, 2.45) is 5.92 Å². The highest BCUT2D eigenvalue weighted by Gasteiger charge is 2.08. The number of hydrogen-bond donors (Lipinski definition) is 1. The maximum absolute atomic E-state index is 5.75. The maximum atomic E-state index is 5.75. The molecule has 1 heterocycles. The van der Waals surface area contributed by atoms with Gasteiger partial charge in [0.2, 0.25) is 0 Å². The maximum Gasteiger partial charge on any atom is 0.162 e. The van der Waals surface area contributed by atoms with Crippen LogP contribution in [0.3, 0.4) is 0 Å². The Morgan fingerprint density at radius 3 is 2.80 bits per heavy atom. The van der Waals surface area contributed by atoms with Gasteiger partial charge >= 0.3 is 0 Å². The second kappa shape index (κ2) is 9.94. The summed E-state index contributed by atoms with van der Waals surface area (Å²) in [6, 6.07) is 2.43. The Bertz CT molecular complexity index is 350. The molecule has 0 aliphatic heterocycles. The van der Waals surface area contributed by atoms with Gasteiger partial charge in [-0.1, -0.05) is 52.1 Å². The van der Waals surface area contributed by atoms with E-state index in [9.17, 15) is 0 Å². The van der Waals surface area contributed by atoms with Crippen LogP contribution in [0.5, 0.6) is 0 Å². The van der Waals surface area contributed by atoms with Crippen LogP contribution in [0.4, 0.5) is 0 Å². The summed E-state index contributed by atoms with van der Waals surface area (Å²) in [5.41, 5.74) is 0.940. The molecule has 20 heavy (non-hydrogen) atoms. The quantitative estimate of drug-likeness (QED) is 0.668. The average Bonchev–Trinajstić information content (AvgIpc) is 2.88. The van der Waals surface area contributed by atoms with Crippen molar-refractivity contribution in [1.82, 2.24) is 10.5 Å². The number of nitrogens with zero attached hydrogens (tertiary/aromatic N) is 1. The normalized spacial score (nSPS) is 13.1. The first-order valence-corrected chi connectivity index (χ1v) is 7.91. The van der Waals surface area contributed by atoms with Crippen molar-refractivity contribution in [3.05, 3.63) is 17.5 Å². The molecule has 0 saturated carbocycles. The van der Waals surface area contributed by atoms with Crippen molar-refractivity contribution in [2.45, 2.75) is 72.6 Å². The second-order valence-electron chi connectivity index (χ2n) is 5.75. The van der Waals surface area contributed by atoms with Gasteiger partial charge in [0.05, 0.1) is 5.69 Å². The van der Waals surface area contributed by atoms with Gasteiger partial charge in [-0.2, -0.15) is 0 Å². The van der Waals surface area contributed by atoms with Crippen LogP contribution in [0.2, 0.25) is 0 Å². The predicted molar refractivity (Wildman–Crippen MR) is 81.4 cm³/mol. The molecule has 1 aromatic rings. The molecule has 1 rings (SSSR count). The van der Waals surface area contributed by atoms with Crippen LogP contribution in [-0.2, 0) is 17.9 Å². The van der Waals surface area contributed by atoms with Crippen LogP contribution >= 0.6 is 0 Å². The van der Waals surface area contributed by atoms with Gasteiger partial charge < -0.3 is 14.6 Å². The van der Waals surface area contributed by atoms with E-state index in [0.717, 1.165) is 24.6 Å². The third kappa shape index (κ3) is 7.06. The fourth-order valence-electron chi connectivity index (χ4n) is 2.04. The van der Waals surface area contributed by atoms with E-state index in [-0.39, 0.29) is 0 Å². The largest absolute Gasteiger partial charge is 0.373 e. The van der Waals surface area contributed by atoms with Gasteiger partial charge in [0.15, 0.2) is 5.76 Å². The first-order valence-electron chi connectivity index (χ1n) is 7.91. The Morgan fingerprint density at radius 1 is 1.35 bits per heavy atom. The zero-order valence-corrected chi connectivity index (χ0v) is 13.4. The molecule has 0 aromatic carbocycles. The van der Waals surface area contributed by atoms with Crippen LogP contribution in [0.15, 0.2) is 10.6 Å². The van der Waals surface area contributed by atoms with Crippen LogP contribution < -0.4 is 5.32 Å². The molecule has 1 N–H and O–H groups in total. The van der Waals surface area contributed by atoms with Crippen molar-refractivity contribution in [3.63, 3.8) is 0 Å². The van der Waals surface area contributed by atoms with Gasteiger partial charge in [-0.05, 0) is 12.3 Å². The van der Waals surface area contributed by atoms with E-state index in [0.29, 0.717) is 18.6 Å². The smallest absolute Gasteiger partial charge is 0.162 e. The Kier molecular flexibility index (Phi) is 8.54. The highest BCUT2D eigenvalue weighted by atomic mass is 16.5. The molecule has 0 spiro atoms. The number of hydrogen-bond acceptors (Lipinski definition) is 4. The summed E-state index contributed by atoms with van der Waals surface area (Å²) in [6.45, 7) is 10.8. The zero-order valence-electron chi connectivity index (χ0n) is 13.4. The molecule has 0 aliphatic rings. The molecule has 0 bridgehead atoms. The van der Waals surface area contributed by atoms with Gasteiger partial charge in [-0.3, -0.25) is 0 Å². The molecule has 116 valence electrons. The molecular formula is C16H30N2O2. The lowest BCUT2D eigenvalue weighted by atomic mass is 10.0. The fraction of sp³-hybridized carbons (Fsp3) is 0.812. The Balaban J connectivity index is 2.24. The van der Waals surface area contributed by atoms with E-state index in [2.05, 4.69) is 38.2 Å². The lowest BCUT2D eigenvalue weighted by Crippen LogP contribution is -2.21. The topological polar surface area (TPSA) is 47.3 Å². The molecule has 0 amide bonds. The molecule has 4 heteroatoms. The lowest BCUT2D eigenvalue weighted by Gasteiger charge is -2.13. The summed E-state index contributed by atoms with van der Waals surface area (Å²) in [4.78, 5) is 0. The van der Waals surface area contributed by atoms with Gasteiger partial charge in [0.1, 0.15) is 6.61 Å². The van der Waals surface area contributed by atoms with Crippen LogP contribution in [0, 0.1) is 5.92 Å². The Morgan fingerprint density at radius 2 is 2.15 bits per heavy atom. The Hall–Kier alpha value is -0.870. The average molecular weight is 282 g/mol. The van der Waals surface area contributed by atoms with Gasteiger partial charge in [-0.25, -0.2) is 0 Å². The van der Waals surface area contributed by atoms with Crippen molar-refractivity contribution < 1.29 is 9.26 Å². The number of nitrogens with one attached hydrogen (secondary N) is 1. The van der Waals surface area contributed by atoms with E-state index in [1.165, 1.54) is 25.7 Å². The third-order valence-electron chi connectivity index (χ3n) is 3.44. The molecule has 1 atom stereocenters. The molecule has 0 radical (unpaired) electrons. The standard InChI is InChI=1S/C16H30N2O2/c1-5-7-8-14(6-2)11-19-12-16-9-15(18-20-16)10-17-13(3)4/h9,13-14,17H,5-8,10-12H2,1-4H3.